The summed E-state index contributed by atoms with van der Waals surface area (Å²) in [5, 5.41) is 4.74. The minimum Gasteiger partial charge on any atom is -0.456 e. The molecule has 0 spiro atoms. The number of aromatic nitrogens is 2. The van der Waals surface area contributed by atoms with E-state index in [9.17, 15) is 18.0 Å². The van der Waals surface area contributed by atoms with Crippen molar-refractivity contribution in [3.05, 3.63) is 66.5 Å². The normalized spacial score (nSPS) is 11.0. The first-order valence-electron chi connectivity index (χ1n) is 7.91. The van der Waals surface area contributed by atoms with Crippen LogP contribution in [0.5, 0.6) is 11.5 Å². The summed E-state index contributed by atoms with van der Waals surface area (Å²) in [7, 11) is 0. The van der Waals surface area contributed by atoms with Crippen LogP contribution in [0.25, 0.3) is 0 Å². The molecule has 10 heteroatoms. The highest BCUT2D eigenvalue weighted by Gasteiger charge is 2.32. The Bertz CT molecular complexity index is 960. The van der Waals surface area contributed by atoms with Crippen LogP contribution in [0.15, 0.2) is 60.8 Å². The fraction of sp³-hybridized carbons (Fsp3) is 0.0556. The Labute approximate surface area is 157 Å². The molecule has 3 aromatic rings. The zero-order chi connectivity index (χ0) is 20.1. The number of carbonyl (C=O) groups excluding carboxylic acids is 1. The lowest BCUT2D eigenvalue weighted by atomic mass is 10.3. The number of hydrogen-bond acceptors (Lipinski definition) is 5. The van der Waals surface area contributed by atoms with Gasteiger partial charge >= 0.3 is 12.2 Å². The van der Waals surface area contributed by atoms with Gasteiger partial charge in [0, 0.05) is 5.69 Å². The van der Waals surface area contributed by atoms with Gasteiger partial charge in [0.05, 0.1) is 6.20 Å². The first kappa shape index (κ1) is 19.0. The summed E-state index contributed by atoms with van der Waals surface area (Å²) in [6, 6.07) is 12.1. The molecule has 0 saturated heterocycles. The van der Waals surface area contributed by atoms with Gasteiger partial charge in [0.2, 0.25) is 0 Å². The second-order valence-corrected chi connectivity index (χ2v) is 5.53. The van der Waals surface area contributed by atoms with E-state index < -0.39 is 17.9 Å². The Balaban J connectivity index is 1.59. The van der Waals surface area contributed by atoms with Gasteiger partial charge in [-0.3, -0.25) is 5.32 Å². The molecule has 28 heavy (non-hydrogen) atoms. The molecule has 2 aromatic heterocycles. The maximum Gasteiger partial charge on any atom is 0.433 e. The number of benzene rings is 1. The Morgan fingerprint density at radius 2 is 1.68 bits per heavy atom. The molecule has 0 aliphatic rings. The van der Waals surface area contributed by atoms with Crippen LogP contribution in [0.3, 0.4) is 0 Å². The van der Waals surface area contributed by atoms with Crippen LogP contribution in [0.1, 0.15) is 5.69 Å². The number of urea groups is 1. The summed E-state index contributed by atoms with van der Waals surface area (Å²) in [5.41, 5.74) is 4.81. The van der Waals surface area contributed by atoms with Crippen molar-refractivity contribution in [1.29, 1.82) is 0 Å². The average Bonchev–Trinajstić information content (AvgIpc) is 2.65. The van der Waals surface area contributed by atoms with Crippen molar-refractivity contribution in [2.75, 3.05) is 16.4 Å². The number of anilines is 3. The van der Waals surface area contributed by atoms with Crippen LogP contribution in [-0.4, -0.2) is 16.0 Å². The van der Waals surface area contributed by atoms with E-state index in [4.69, 9.17) is 10.5 Å². The van der Waals surface area contributed by atoms with E-state index in [-0.39, 0.29) is 5.82 Å². The fourth-order valence-electron chi connectivity index (χ4n) is 2.14. The van der Waals surface area contributed by atoms with E-state index in [0.717, 1.165) is 12.1 Å². The molecular weight excluding hydrogens is 375 g/mol. The predicted octanol–water partition coefficient (Wildman–Crippen LogP) is 4.51. The van der Waals surface area contributed by atoms with Crippen LogP contribution >= 0.6 is 0 Å². The number of ether oxygens (including phenoxy) is 1. The number of rotatable bonds is 4. The van der Waals surface area contributed by atoms with E-state index in [1.165, 1.54) is 12.3 Å². The Morgan fingerprint density at radius 3 is 2.32 bits per heavy atom. The molecular formula is C18H14F3N5O2. The van der Waals surface area contributed by atoms with E-state index >= 15 is 0 Å². The van der Waals surface area contributed by atoms with Gasteiger partial charge < -0.3 is 15.8 Å². The molecule has 0 bridgehead atoms. The Kier molecular flexibility index (Phi) is 5.30. The van der Waals surface area contributed by atoms with Crippen LogP contribution in [0.2, 0.25) is 0 Å². The van der Waals surface area contributed by atoms with Gasteiger partial charge in [-0.15, -0.1) is 0 Å². The molecule has 0 saturated carbocycles. The zero-order valence-electron chi connectivity index (χ0n) is 14.2. The minimum absolute atomic E-state index is 0.219. The second-order valence-electron chi connectivity index (χ2n) is 5.53. The van der Waals surface area contributed by atoms with Gasteiger partial charge in [0.25, 0.3) is 0 Å². The molecule has 1 aromatic carbocycles. The highest BCUT2D eigenvalue weighted by molar-refractivity contribution is 5.99. The number of hydrogen-bond donors (Lipinski definition) is 3. The van der Waals surface area contributed by atoms with E-state index in [0.29, 0.717) is 23.0 Å². The molecule has 3 rings (SSSR count). The van der Waals surface area contributed by atoms with Crippen molar-refractivity contribution in [2.45, 2.75) is 6.18 Å². The summed E-state index contributed by atoms with van der Waals surface area (Å²) in [6.07, 6.45) is -3.12. The first-order valence-corrected chi connectivity index (χ1v) is 7.91. The number of nitrogen functional groups attached to an aromatic ring is 1. The lowest BCUT2D eigenvalue weighted by Gasteiger charge is -2.10. The summed E-state index contributed by atoms with van der Waals surface area (Å²) in [4.78, 5) is 19.2. The molecule has 0 atom stereocenters. The van der Waals surface area contributed by atoms with Crippen molar-refractivity contribution >= 4 is 23.4 Å². The molecule has 2 heterocycles. The summed E-state index contributed by atoms with van der Waals surface area (Å²) < 4.78 is 43.5. The Hall–Kier alpha value is -3.82. The fourth-order valence-corrected chi connectivity index (χ4v) is 2.14. The lowest BCUT2D eigenvalue weighted by molar-refractivity contribution is -0.141. The molecule has 2 amide bonds. The van der Waals surface area contributed by atoms with Crippen LogP contribution < -0.4 is 21.1 Å². The number of pyridine rings is 2. The number of carbonyl (C=O) groups is 1. The highest BCUT2D eigenvalue weighted by Crippen LogP contribution is 2.28. The molecule has 4 N–H and O–H groups in total. The number of halogens is 3. The maximum absolute atomic E-state index is 12.7. The molecule has 0 aliphatic heterocycles. The summed E-state index contributed by atoms with van der Waals surface area (Å²) in [5.74, 6) is 1.14. The van der Waals surface area contributed by atoms with Gasteiger partial charge in [-0.25, -0.2) is 14.8 Å². The quantitative estimate of drug-likeness (QED) is 0.609. The smallest absolute Gasteiger partial charge is 0.433 e. The number of amides is 2. The van der Waals surface area contributed by atoms with Gasteiger partial charge in [-0.05, 0) is 48.5 Å². The standard InChI is InChI=1S/C18H14F3N5O2/c19-18(20,21)14-2-1-3-16(25-14)26-17(27)24-11-4-6-12(7-5-11)28-13-8-9-15(22)23-10-13/h1-10H,(H2,22,23)(H2,24,25,26,27). The van der Waals surface area contributed by atoms with E-state index in [2.05, 4.69) is 20.6 Å². The third-order valence-electron chi connectivity index (χ3n) is 3.39. The third-order valence-corrected chi connectivity index (χ3v) is 3.39. The van der Waals surface area contributed by atoms with Crippen molar-refractivity contribution in [2.24, 2.45) is 0 Å². The number of nitrogens with zero attached hydrogens (tertiary/aromatic N) is 2. The summed E-state index contributed by atoms with van der Waals surface area (Å²) >= 11 is 0. The van der Waals surface area contributed by atoms with Crippen LogP contribution in [0, 0.1) is 0 Å². The molecule has 7 nitrogen and oxygen atoms in total. The van der Waals surface area contributed by atoms with Crippen molar-refractivity contribution < 1.29 is 22.7 Å². The number of nitrogens with two attached hydrogens (primary N) is 1. The van der Waals surface area contributed by atoms with Gasteiger partial charge in [-0.2, -0.15) is 13.2 Å². The van der Waals surface area contributed by atoms with E-state index in [1.54, 1.807) is 36.4 Å². The molecule has 0 aliphatic carbocycles. The molecule has 0 unspecified atom stereocenters. The minimum atomic E-state index is -4.59. The monoisotopic (exact) mass is 389 g/mol. The van der Waals surface area contributed by atoms with Crippen LogP contribution in [0.4, 0.5) is 35.3 Å². The largest absolute Gasteiger partial charge is 0.456 e. The molecule has 0 radical (unpaired) electrons. The Morgan fingerprint density at radius 1 is 0.964 bits per heavy atom. The molecule has 0 fully saturated rings. The van der Waals surface area contributed by atoms with Crippen LogP contribution in [-0.2, 0) is 6.18 Å². The molecule has 144 valence electrons. The highest BCUT2D eigenvalue weighted by atomic mass is 19.4. The topological polar surface area (TPSA) is 102 Å². The maximum atomic E-state index is 12.7. The number of alkyl halides is 3. The van der Waals surface area contributed by atoms with Crippen molar-refractivity contribution in [1.82, 2.24) is 9.97 Å². The first-order chi connectivity index (χ1) is 13.3. The third kappa shape index (κ3) is 5.10. The van der Waals surface area contributed by atoms with Gasteiger partial charge in [0.15, 0.2) is 0 Å². The lowest BCUT2D eigenvalue weighted by Crippen LogP contribution is -2.21. The zero-order valence-corrected chi connectivity index (χ0v) is 14.2. The van der Waals surface area contributed by atoms with Crippen molar-refractivity contribution in [3.8, 4) is 11.5 Å². The average molecular weight is 389 g/mol. The predicted molar refractivity (Wildman–Crippen MR) is 97.0 cm³/mol. The summed E-state index contributed by atoms with van der Waals surface area (Å²) in [6.45, 7) is 0. The van der Waals surface area contributed by atoms with Crippen molar-refractivity contribution in [3.63, 3.8) is 0 Å². The SMILES string of the molecule is Nc1ccc(Oc2ccc(NC(=O)Nc3cccc(C(F)(F)F)n3)cc2)cn1. The number of nitrogens with one attached hydrogen (secondary N) is 2. The second kappa shape index (κ2) is 7.82. The van der Waals surface area contributed by atoms with Gasteiger partial charge in [-0.1, -0.05) is 6.07 Å². The van der Waals surface area contributed by atoms with E-state index in [1.807, 2.05) is 0 Å². The van der Waals surface area contributed by atoms with Gasteiger partial charge in [0.1, 0.15) is 28.8 Å².